The van der Waals surface area contributed by atoms with E-state index in [1.54, 1.807) is 60.9 Å². The number of carbonyl (C=O) groups is 2. The monoisotopic (exact) mass is 534 g/mol. The number of hydrogen-bond acceptors (Lipinski definition) is 9. The highest BCUT2D eigenvalue weighted by molar-refractivity contribution is 7.10. The van der Waals surface area contributed by atoms with Crippen molar-refractivity contribution in [2.75, 3.05) is 13.7 Å². The summed E-state index contributed by atoms with van der Waals surface area (Å²) < 4.78 is 18.0. The quantitative estimate of drug-likeness (QED) is 0.348. The number of benzene rings is 1. The zero-order valence-corrected chi connectivity index (χ0v) is 21.9. The Morgan fingerprint density at radius 2 is 1.92 bits per heavy atom. The van der Waals surface area contributed by atoms with Crippen molar-refractivity contribution < 1.29 is 23.5 Å². The van der Waals surface area contributed by atoms with Gasteiger partial charge in [0.2, 0.25) is 0 Å². The average Bonchev–Trinajstić information content (AvgIpc) is 3.65. The van der Waals surface area contributed by atoms with Crippen molar-refractivity contribution in [1.29, 1.82) is 0 Å². The van der Waals surface area contributed by atoms with Crippen LogP contribution in [0, 0.1) is 0 Å². The Morgan fingerprint density at radius 1 is 1.14 bits per heavy atom. The van der Waals surface area contributed by atoms with Crippen molar-refractivity contribution in [2.45, 2.75) is 19.9 Å². The molecular formula is C27H22N2O6S2. The number of furan rings is 1. The number of esters is 2. The zero-order chi connectivity index (χ0) is 26.1. The number of ether oxygens (including phenoxy) is 2. The summed E-state index contributed by atoms with van der Waals surface area (Å²) in [5.41, 5.74) is 1.83. The number of hydrogen-bond donors (Lipinski definition) is 0. The molecule has 1 aliphatic heterocycles. The summed E-state index contributed by atoms with van der Waals surface area (Å²) in [4.78, 5) is 44.0. The molecule has 37 heavy (non-hydrogen) atoms. The summed E-state index contributed by atoms with van der Waals surface area (Å²) in [5.74, 6) is 0.190. The number of aromatic nitrogens is 1. The van der Waals surface area contributed by atoms with Gasteiger partial charge in [0.15, 0.2) is 4.80 Å². The largest absolute Gasteiger partial charge is 0.466 e. The number of nitrogens with zero attached hydrogens (tertiary/aromatic N) is 2. The van der Waals surface area contributed by atoms with Crippen LogP contribution in [0.5, 0.6) is 0 Å². The molecule has 0 aliphatic carbocycles. The molecule has 5 rings (SSSR count). The number of fused-ring (bicyclic) bond motifs is 1. The second kappa shape index (κ2) is 10.2. The minimum atomic E-state index is -0.615. The van der Waals surface area contributed by atoms with Gasteiger partial charge < -0.3 is 13.9 Å². The van der Waals surface area contributed by atoms with Gasteiger partial charge in [-0.25, -0.2) is 14.6 Å². The fourth-order valence-electron chi connectivity index (χ4n) is 4.11. The Bertz CT molecular complexity index is 1690. The van der Waals surface area contributed by atoms with Gasteiger partial charge in [-0.05, 0) is 49.6 Å². The standard InChI is InChI=1S/C27H22N2O6S2/c1-4-34-25(31)17-9-7-16(8-10-17)19-12-11-18(35-19)14-21-24(30)29-23(20-6-5-13-36-20)22(26(32)33-3)15(2)28-27(29)37-21/h5-14,23H,4H2,1-3H3. The molecule has 0 amide bonds. The molecule has 0 bridgehead atoms. The van der Waals surface area contributed by atoms with Crippen molar-refractivity contribution >= 4 is 40.7 Å². The summed E-state index contributed by atoms with van der Waals surface area (Å²) in [5, 5.41) is 1.90. The summed E-state index contributed by atoms with van der Waals surface area (Å²) in [6.45, 7) is 3.82. The van der Waals surface area contributed by atoms with Gasteiger partial charge in [-0.2, -0.15) is 0 Å². The molecule has 0 fully saturated rings. The zero-order valence-electron chi connectivity index (χ0n) is 20.2. The molecule has 1 aliphatic rings. The van der Waals surface area contributed by atoms with Gasteiger partial charge in [-0.3, -0.25) is 9.36 Å². The Kier molecular flexibility index (Phi) is 6.77. The number of carbonyl (C=O) groups excluding carboxylic acids is 2. The van der Waals surface area contributed by atoms with Crippen LogP contribution < -0.4 is 14.9 Å². The lowest BCUT2D eigenvalue weighted by molar-refractivity contribution is -0.136. The van der Waals surface area contributed by atoms with Gasteiger partial charge in [-0.15, -0.1) is 11.3 Å². The van der Waals surface area contributed by atoms with Crippen LogP contribution in [-0.4, -0.2) is 30.2 Å². The van der Waals surface area contributed by atoms with E-state index in [9.17, 15) is 14.4 Å². The summed E-state index contributed by atoms with van der Waals surface area (Å²) >= 11 is 2.69. The summed E-state index contributed by atoms with van der Waals surface area (Å²) in [6.07, 6.45) is 1.67. The minimum absolute atomic E-state index is 0.271. The molecule has 188 valence electrons. The number of methoxy groups -OCH3 is 1. The van der Waals surface area contributed by atoms with Gasteiger partial charge in [0.1, 0.15) is 17.6 Å². The topological polar surface area (TPSA) is 100 Å². The van der Waals surface area contributed by atoms with Crippen LogP contribution in [0.2, 0.25) is 0 Å². The molecule has 0 saturated carbocycles. The molecular weight excluding hydrogens is 512 g/mol. The first-order valence-electron chi connectivity index (χ1n) is 11.4. The summed E-state index contributed by atoms with van der Waals surface area (Å²) in [6, 6.07) is 13.6. The molecule has 8 nitrogen and oxygen atoms in total. The third kappa shape index (κ3) is 4.61. The maximum Gasteiger partial charge on any atom is 0.338 e. The van der Waals surface area contributed by atoms with E-state index in [-0.39, 0.29) is 11.5 Å². The summed E-state index contributed by atoms with van der Waals surface area (Å²) in [7, 11) is 1.32. The number of allylic oxidation sites excluding steroid dienone is 1. The van der Waals surface area contributed by atoms with Gasteiger partial charge in [-0.1, -0.05) is 29.5 Å². The SMILES string of the molecule is CCOC(=O)c1ccc(-c2ccc(C=c3sc4n(c3=O)C(c3cccs3)C(C(=O)OC)=C(C)N=4)o2)cc1. The number of thiazole rings is 1. The van der Waals surface area contributed by atoms with Crippen molar-refractivity contribution in [3.63, 3.8) is 0 Å². The maximum absolute atomic E-state index is 13.5. The minimum Gasteiger partial charge on any atom is -0.466 e. The second-order valence-electron chi connectivity index (χ2n) is 8.09. The molecule has 0 spiro atoms. The lowest BCUT2D eigenvalue weighted by Gasteiger charge is -2.22. The Hall–Kier alpha value is -4.02. The normalized spacial score (nSPS) is 15.3. The van der Waals surface area contributed by atoms with Crippen LogP contribution in [0.4, 0.5) is 0 Å². The number of thiophene rings is 1. The van der Waals surface area contributed by atoms with Crippen LogP contribution in [0.1, 0.15) is 40.9 Å². The van der Waals surface area contributed by atoms with Crippen LogP contribution in [0.15, 0.2) is 79.4 Å². The highest BCUT2D eigenvalue weighted by Crippen LogP contribution is 2.33. The first-order chi connectivity index (χ1) is 17.9. The van der Waals surface area contributed by atoms with Crippen LogP contribution in [-0.2, 0) is 14.3 Å². The van der Waals surface area contributed by atoms with E-state index >= 15 is 0 Å². The molecule has 4 heterocycles. The lowest BCUT2D eigenvalue weighted by atomic mass is 10.0. The van der Waals surface area contributed by atoms with Crippen molar-refractivity contribution in [1.82, 2.24) is 4.57 Å². The van der Waals surface area contributed by atoms with E-state index in [0.717, 1.165) is 10.4 Å². The van der Waals surface area contributed by atoms with E-state index in [4.69, 9.17) is 13.9 Å². The first kappa shape index (κ1) is 24.7. The smallest absolute Gasteiger partial charge is 0.338 e. The van der Waals surface area contributed by atoms with E-state index in [1.165, 1.54) is 29.8 Å². The average molecular weight is 535 g/mol. The molecule has 0 N–H and O–H groups in total. The van der Waals surface area contributed by atoms with E-state index in [0.29, 0.717) is 44.3 Å². The van der Waals surface area contributed by atoms with E-state index in [2.05, 4.69) is 4.99 Å². The maximum atomic E-state index is 13.5. The van der Waals surface area contributed by atoms with E-state index in [1.807, 2.05) is 17.5 Å². The van der Waals surface area contributed by atoms with Gasteiger partial charge in [0.25, 0.3) is 5.56 Å². The van der Waals surface area contributed by atoms with Crippen molar-refractivity contribution in [2.24, 2.45) is 4.99 Å². The molecule has 4 aromatic rings. The fraction of sp³-hybridized carbons (Fsp3) is 0.185. The first-order valence-corrected chi connectivity index (χ1v) is 13.1. The molecule has 10 heteroatoms. The molecule has 1 unspecified atom stereocenters. The highest BCUT2D eigenvalue weighted by Gasteiger charge is 2.33. The molecule has 0 saturated heterocycles. The highest BCUT2D eigenvalue weighted by atomic mass is 32.1. The Morgan fingerprint density at radius 3 is 2.59 bits per heavy atom. The van der Waals surface area contributed by atoms with Gasteiger partial charge in [0, 0.05) is 16.5 Å². The molecule has 0 radical (unpaired) electrons. The van der Waals surface area contributed by atoms with Gasteiger partial charge in [0.05, 0.1) is 35.1 Å². The third-order valence-corrected chi connectivity index (χ3v) is 7.73. The van der Waals surface area contributed by atoms with Crippen LogP contribution in [0.3, 0.4) is 0 Å². The Labute approximate surface area is 219 Å². The van der Waals surface area contributed by atoms with E-state index < -0.39 is 12.0 Å². The van der Waals surface area contributed by atoms with Gasteiger partial charge >= 0.3 is 11.9 Å². The number of rotatable bonds is 6. The van der Waals surface area contributed by atoms with Crippen LogP contribution >= 0.6 is 22.7 Å². The third-order valence-electron chi connectivity index (χ3n) is 5.82. The van der Waals surface area contributed by atoms with Crippen LogP contribution in [0.25, 0.3) is 17.4 Å². The van der Waals surface area contributed by atoms with Crippen molar-refractivity contribution in [3.8, 4) is 11.3 Å². The molecule has 1 aromatic carbocycles. The lowest BCUT2D eigenvalue weighted by Crippen LogP contribution is -2.39. The van der Waals surface area contributed by atoms with Crippen molar-refractivity contribution in [3.05, 3.63) is 101 Å². The predicted octanol–water partition coefficient (Wildman–Crippen LogP) is 3.91. The Balaban J connectivity index is 1.53. The molecule has 3 aromatic heterocycles. The predicted molar refractivity (Wildman–Crippen MR) is 140 cm³/mol. The second-order valence-corrected chi connectivity index (χ2v) is 10.1. The fourth-order valence-corrected chi connectivity index (χ4v) is 5.96. The molecule has 1 atom stereocenters.